The number of aromatic nitrogens is 7. The number of fused-ring (bicyclic) bond motifs is 1. The zero-order valence-corrected chi connectivity index (χ0v) is 28.9. The number of hydrogen-bond donors (Lipinski definition) is 1. The topological polar surface area (TPSA) is 93.1 Å². The van der Waals surface area contributed by atoms with Gasteiger partial charge in [0.25, 0.3) is 0 Å². The van der Waals surface area contributed by atoms with E-state index >= 15 is 0 Å². The van der Waals surface area contributed by atoms with Crippen LogP contribution in [0.3, 0.4) is 0 Å². The number of benzene rings is 1. The average molecular weight is 590 g/mol. The van der Waals surface area contributed by atoms with Crippen LogP contribution in [0.1, 0.15) is 83.1 Å². The van der Waals surface area contributed by atoms with Crippen molar-refractivity contribution in [3.63, 3.8) is 0 Å². The summed E-state index contributed by atoms with van der Waals surface area (Å²) in [5.41, 5.74) is 2.12. The molecule has 0 aliphatic rings. The van der Waals surface area contributed by atoms with Crippen molar-refractivity contribution in [3.8, 4) is 0 Å². The molecule has 43 heavy (non-hydrogen) atoms. The van der Waals surface area contributed by atoms with E-state index in [-0.39, 0.29) is 0 Å². The molecule has 7 nitrogen and oxygen atoms in total. The van der Waals surface area contributed by atoms with Crippen LogP contribution in [0.5, 0.6) is 0 Å². The Kier molecular flexibility index (Phi) is 34.6. The van der Waals surface area contributed by atoms with Gasteiger partial charge in [0.1, 0.15) is 6.33 Å². The van der Waals surface area contributed by atoms with E-state index in [2.05, 4.69) is 118 Å². The SMILES string of the molecule is CC(C)C.CC(C)C.CC(C)C.CC(C)C.c1ccc2[nH]cnc2c1.c1ccncc1.c1cnccn1.c1cncnc1. The third-order valence-electron chi connectivity index (χ3n) is 2.85. The summed E-state index contributed by atoms with van der Waals surface area (Å²) >= 11 is 0. The molecular formula is C36H59N7. The maximum Gasteiger partial charge on any atom is 0.115 e. The zero-order chi connectivity index (χ0) is 33.1. The van der Waals surface area contributed by atoms with Crippen LogP contribution in [0.2, 0.25) is 0 Å². The van der Waals surface area contributed by atoms with Crippen LogP contribution in [0.4, 0.5) is 0 Å². The Morgan fingerprint density at radius 3 is 1.05 bits per heavy atom. The van der Waals surface area contributed by atoms with Crippen molar-refractivity contribution < 1.29 is 0 Å². The minimum atomic E-state index is 0.833. The summed E-state index contributed by atoms with van der Waals surface area (Å²) in [5.74, 6) is 3.33. The Labute approximate surface area is 263 Å². The maximum absolute atomic E-state index is 4.06. The molecule has 4 aromatic heterocycles. The fraction of sp³-hybridized carbons (Fsp3) is 0.444. The first kappa shape index (κ1) is 43.5. The molecule has 0 saturated carbocycles. The van der Waals surface area contributed by atoms with Crippen LogP contribution < -0.4 is 0 Å². The van der Waals surface area contributed by atoms with Crippen LogP contribution >= 0.6 is 0 Å². The fourth-order valence-electron chi connectivity index (χ4n) is 1.70. The highest BCUT2D eigenvalue weighted by Crippen LogP contribution is 2.05. The molecule has 0 aliphatic carbocycles. The Balaban J connectivity index is -0.000000435. The van der Waals surface area contributed by atoms with Crippen molar-refractivity contribution in [2.75, 3.05) is 0 Å². The third-order valence-corrected chi connectivity index (χ3v) is 2.85. The largest absolute Gasteiger partial charge is 0.345 e. The molecule has 0 bridgehead atoms. The number of nitrogens with one attached hydrogen (secondary N) is 1. The first-order valence-corrected chi connectivity index (χ1v) is 15.0. The molecule has 0 atom stereocenters. The second kappa shape index (κ2) is 34.2. The first-order chi connectivity index (χ1) is 20.4. The molecule has 4 heterocycles. The molecule has 0 radical (unpaired) electrons. The van der Waals surface area contributed by atoms with Gasteiger partial charge in [-0.15, -0.1) is 0 Å². The summed E-state index contributed by atoms with van der Waals surface area (Å²) in [6.07, 6.45) is 16.6. The van der Waals surface area contributed by atoms with Gasteiger partial charge in [0, 0.05) is 49.6 Å². The van der Waals surface area contributed by atoms with Gasteiger partial charge in [-0.1, -0.05) is 101 Å². The summed E-state index contributed by atoms with van der Waals surface area (Å²) in [5, 5.41) is 0. The van der Waals surface area contributed by atoms with Gasteiger partial charge in [-0.25, -0.2) is 15.0 Å². The minimum Gasteiger partial charge on any atom is -0.345 e. The number of pyridine rings is 1. The van der Waals surface area contributed by atoms with E-state index in [9.17, 15) is 0 Å². The fourth-order valence-corrected chi connectivity index (χ4v) is 1.70. The van der Waals surface area contributed by atoms with Crippen LogP contribution in [0, 0.1) is 23.7 Å². The summed E-state index contributed by atoms with van der Waals surface area (Å²) in [7, 11) is 0. The number of imidazole rings is 1. The van der Waals surface area contributed by atoms with E-state index in [4.69, 9.17) is 0 Å². The molecule has 0 unspecified atom stereocenters. The zero-order valence-electron chi connectivity index (χ0n) is 28.9. The maximum atomic E-state index is 4.06. The predicted molar refractivity (Wildman–Crippen MR) is 186 cm³/mol. The van der Waals surface area contributed by atoms with Crippen molar-refractivity contribution in [2.24, 2.45) is 23.7 Å². The Morgan fingerprint density at radius 2 is 0.791 bits per heavy atom. The van der Waals surface area contributed by atoms with Crippen molar-refractivity contribution >= 4 is 11.0 Å². The molecule has 0 aliphatic heterocycles. The molecule has 0 amide bonds. The summed E-state index contributed by atoms with van der Waals surface area (Å²) < 4.78 is 0. The molecule has 5 rings (SSSR count). The highest BCUT2D eigenvalue weighted by molar-refractivity contribution is 5.73. The van der Waals surface area contributed by atoms with Crippen molar-refractivity contribution in [2.45, 2.75) is 83.1 Å². The minimum absolute atomic E-state index is 0.833. The first-order valence-electron chi connectivity index (χ1n) is 15.0. The lowest BCUT2D eigenvalue weighted by Gasteiger charge is -1.81. The van der Waals surface area contributed by atoms with Gasteiger partial charge in [0.2, 0.25) is 0 Å². The summed E-state index contributed by atoms with van der Waals surface area (Å²) in [6, 6.07) is 15.4. The lowest BCUT2D eigenvalue weighted by atomic mass is 10.3. The Hall–Kier alpha value is -4.00. The molecule has 0 fully saturated rings. The number of nitrogens with zero attached hydrogens (tertiary/aromatic N) is 6. The number of rotatable bonds is 0. The van der Waals surface area contributed by atoms with E-state index in [0.29, 0.717) is 0 Å². The summed E-state index contributed by atoms with van der Waals surface area (Å²) in [4.78, 5) is 25.6. The van der Waals surface area contributed by atoms with E-state index in [1.54, 1.807) is 62.0 Å². The molecule has 238 valence electrons. The molecule has 1 aromatic carbocycles. The van der Waals surface area contributed by atoms with E-state index < -0.39 is 0 Å². The smallest absolute Gasteiger partial charge is 0.115 e. The van der Waals surface area contributed by atoms with Gasteiger partial charge in [-0.3, -0.25) is 15.0 Å². The molecule has 7 heteroatoms. The lowest BCUT2D eigenvalue weighted by molar-refractivity contribution is 0.736. The molecule has 1 N–H and O–H groups in total. The monoisotopic (exact) mass is 589 g/mol. The van der Waals surface area contributed by atoms with Gasteiger partial charge >= 0.3 is 0 Å². The van der Waals surface area contributed by atoms with Gasteiger partial charge in [-0.2, -0.15) is 0 Å². The highest BCUT2D eigenvalue weighted by Gasteiger charge is 1.88. The second-order valence-electron chi connectivity index (χ2n) is 11.7. The average Bonchev–Trinajstić information content (AvgIpc) is 3.45. The van der Waals surface area contributed by atoms with Crippen LogP contribution in [0.25, 0.3) is 11.0 Å². The highest BCUT2D eigenvalue weighted by atomic mass is 14.9. The van der Waals surface area contributed by atoms with Gasteiger partial charge in [0.15, 0.2) is 0 Å². The van der Waals surface area contributed by atoms with E-state index in [1.165, 1.54) is 6.33 Å². The molecular weight excluding hydrogens is 530 g/mol. The molecule has 0 saturated heterocycles. The van der Waals surface area contributed by atoms with Crippen LogP contribution in [-0.4, -0.2) is 34.9 Å². The number of H-pyrrole nitrogens is 1. The number of hydrogen-bond acceptors (Lipinski definition) is 6. The van der Waals surface area contributed by atoms with Crippen LogP contribution in [-0.2, 0) is 0 Å². The second-order valence-corrected chi connectivity index (χ2v) is 11.7. The van der Waals surface area contributed by atoms with E-state index in [1.807, 2.05) is 42.5 Å². The van der Waals surface area contributed by atoms with Gasteiger partial charge in [0.05, 0.1) is 17.4 Å². The van der Waals surface area contributed by atoms with E-state index in [0.717, 1.165) is 34.7 Å². The number of para-hydroxylation sites is 2. The molecule has 0 spiro atoms. The Bertz CT molecular complexity index is 895. The quantitative estimate of drug-likeness (QED) is 0.193. The summed E-state index contributed by atoms with van der Waals surface area (Å²) in [6.45, 7) is 26.0. The predicted octanol–water partition coefficient (Wildman–Crippen LogP) is 10.2. The lowest BCUT2D eigenvalue weighted by Crippen LogP contribution is -1.66. The normalized spacial score (nSPS) is 8.84. The van der Waals surface area contributed by atoms with Gasteiger partial charge in [-0.05, 0) is 54.0 Å². The number of aromatic amines is 1. The van der Waals surface area contributed by atoms with Crippen molar-refractivity contribution in [1.82, 2.24) is 34.9 Å². The molecule has 5 aromatic rings. The third kappa shape index (κ3) is 51.2. The Morgan fingerprint density at radius 1 is 0.419 bits per heavy atom. The van der Waals surface area contributed by atoms with Crippen LogP contribution in [0.15, 0.2) is 111 Å². The van der Waals surface area contributed by atoms with Gasteiger partial charge < -0.3 is 4.98 Å². The van der Waals surface area contributed by atoms with Crippen molar-refractivity contribution in [1.29, 1.82) is 0 Å². The van der Waals surface area contributed by atoms with Crippen molar-refractivity contribution in [3.05, 3.63) is 111 Å². The standard InChI is InChI=1S/C7H6N2.C5H5N.2C4H4N2.4C4H10/c1-2-4-7-6(3-1)8-5-9-7;1-2-4-6-5-3-1;1-2-6-4-3-5-1;1-2-5-4-6-3-1;4*1-4(2)3/h1-5H,(H,8,9);1-5H;2*1-4H;4*4H,1-3H3.